The first-order valence-electron chi connectivity index (χ1n) is 9.11. The van der Waals surface area contributed by atoms with Crippen LogP contribution in [0.5, 0.6) is 5.75 Å². The van der Waals surface area contributed by atoms with Crippen molar-refractivity contribution >= 4 is 31.8 Å². The van der Waals surface area contributed by atoms with Gasteiger partial charge < -0.3 is 9.72 Å². The van der Waals surface area contributed by atoms with Crippen molar-refractivity contribution in [1.29, 1.82) is 0 Å². The van der Waals surface area contributed by atoms with Gasteiger partial charge in [-0.25, -0.2) is 13.4 Å². The number of rotatable bonds is 5. The number of fused-ring (bicyclic) bond motifs is 3. The minimum Gasteiger partial charge on any atom is -0.491 e. The predicted molar refractivity (Wildman–Crippen MR) is 112 cm³/mol. The number of aryl methyl sites for hydroxylation is 1. The summed E-state index contributed by atoms with van der Waals surface area (Å²) < 4.78 is 30.4. The average Bonchev–Trinajstić information content (AvgIpc) is 3.08. The van der Waals surface area contributed by atoms with Crippen molar-refractivity contribution in [2.45, 2.75) is 18.7 Å². The van der Waals surface area contributed by atoms with Gasteiger partial charge in [0.1, 0.15) is 11.4 Å². The minimum atomic E-state index is -3.29. The van der Waals surface area contributed by atoms with Gasteiger partial charge in [-0.2, -0.15) is 0 Å². The topological polar surface area (TPSA) is 72.1 Å². The second kappa shape index (κ2) is 6.95. The van der Waals surface area contributed by atoms with Crippen LogP contribution in [-0.4, -0.2) is 30.7 Å². The molecule has 0 saturated heterocycles. The van der Waals surface area contributed by atoms with Gasteiger partial charge in [0, 0.05) is 17.0 Å². The number of aromatic amines is 1. The molecule has 2 heterocycles. The molecule has 4 rings (SSSR count). The molecule has 1 N–H and O–H groups in total. The van der Waals surface area contributed by atoms with Crippen molar-refractivity contribution in [1.82, 2.24) is 9.97 Å². The Labute approximate surface area is 164 Å². The predicted octanol–water partition coefficient (Wildman–Crippen LogP) is 4.70. The van der Waals surface area contributed by atoms with E-state index in [4.69, 9.17) is 4.74 Å². The number of hydrogen-bond acceptors (Lipinski definition) is 4. The van der Waals surface area contributed by atoms with E-state index in [9.17, 15) is 8.42 Å². The van der Waals surface area contributed by atoms with E-state index in [-0.39, 0.29) is 5.75 Å². The maximum atomic E-state index is 12.4. The summed E-state index contributed by atoms with van der Waals surface area (Å²) in [5.74, 6) is 0.764. The first kappa shape index (κ1) is 18.5. The zero-order valence-corrected chi connectivity index (χ0v) is 16.6. The lowest BCUT2D eigenvalue weighted by Crippen LogP contribution is -2.03. The summed E-state index contributed by atoms with van der Waals surface area (Å²) in [6.07, 6.45) is 1.81. The summed E-state index contributed by atoms with van der Waals surface area (Å²) in [7, 11) is -3.29. The fraction of sp³-hybridized carbons (Fsp3) is 0.182. The number of nitrogens with zero attached hydrogens (tertiary/aromatic N) is 1. The summed E-state index contributed by atoms with van der Waals surface area (Å²) in [6.45, 7) is 7.72. The van der Waals surface area contributed by atoms with Crippen LogP contribution in [-0.2, 0) is 9.84 Å². The van der Waals surface area contributed by atoms with Gasteiger partial charge in [0.2, 0.25) is 0 Å². The first-order chi connectivity index (χ1) is 13.4. The third-order valence-corrected chi connectivity index (χ3v) is 6.58. The molecular weight excluding hydrogens is 372 g/mol. The van der Waals surface area contributed by atoms with Crippen molar-refractivity contribution in [3.05, 3.63) is 61.1 Å². The molecule has 0 aliphatic rings. The summed E-state index contributed by atoms with van der Waals surface area (Å²) in [5, 5.41) is 1.94. The van der Waals surface area contributed by atoms with Crippen LogP contribution in [0.2, 0.25) is 0 Å². The van der Waals surface area contributed by atoms with Crippen LogP contribution in [0.1, 0.15) is 12.5 Å². The summed E-state index contributed by atoms with van der Waals surface area (Å²) in [6, 6.07) is 13.0. The largest absolute Gasteiger partial charge is 0.491 e. The van der Waals surface area contributed by atoms with Crippen molar-refractivity contribution in [2.24, 2.45) is 0 Å². The number of ether oxygens (including phenoxy) is 1. The van der Waals surface area contributed by atoms with Gasteiger partial charge in [-0.1, -0.05) is 19.1 Å². The van der Waals surface area contributed by atoms with Gasteiger partial charge in [-0.15, -0.1) is 0 Å². The highest BCUT2D eigenvalue weighted by Crippen LogP contribution is 2.39. The number of aromatic nitrogens is 2. The molecule has 28 heavy (non-hydrogen) atoms. The van der Waals surface area contributed by atoms with E-state index in [0.717, 1.165) is 38.6 Å². The molecule has 0 aliphatic carbocycles. The Hall–Kier alpha value is -2.86. The highest BCUT2D eigenvalue weighted by molar-refractivity contribution is 7.91. The Balaban J connectivity index is 2.05. The SMILES string of the molecule is [CH2]COc1ccc(-c2cccc(S(=O)(=O)CC)c2)c2c1[nH]c1ncc(C)cc12. The highest BCUT2D eigenvalue weighted by atomic mass is 32.2. The van der Waals surface area contributed by atoms with Crippen molar-refractivity contribution < 1.29 is 13.2 Å². The smallest absolute Gasteiger partial charge is 0.178 e. The van der Waals surface area contributed by atoms with E-state index >= 15 is 0 Å². The summed E-state index contributed by atoms with van der Waals surface area (Å²) >= 11 is 0. The zero-order valence-electron chi connectivity index (χ0n) is 15.8. The number of benzene rings is 2. The van der Waals surface area contributed by atoms with Gasteiger partial charge >= 0.3 is 0 Å². The quantitative estimate of drug-likeness (QED) is 0.533. The van der Waals surface area contributed by atoms with Gasteiger partial charge in [0.15, 0.2) is 9.84 Å². The number of pyridine rings is 1. The minimum absolute atomic E-state index is 0.0678. The molecule has 6 heteroatoms. The molecule has 0 aliphatic heterocycles. The molecule has 0 saturated carbocycles. The molecule has 143 valence electrons. The van der Waals surface area contributed by atoms with Crippen LogP contribution in [0.15, 0.2) is 53.6 Å². The van der Waals surface area contributed by atoms with Gasteiger partial charge in [0.05, 0.1) is 22.8 Å². The lowest BCUT2D eigenvalue weighted by molar-refractivity contribution is 0.365. The molecule has 0 unspecified atom stereocenters. The second-order valence-corrected chi connectivity index (χ2v) is 8.95. The fourth-order valence-corrected chi connectivity index (χ4v) is 4.39. The van der Waals surface area contributed by atoms with E-state index in [1.165, 1.54) is 0 Å². The number of H-pyrrole nitrogens is 1. The van der Waals surface area contributed by atoms with E-state index in [1.807, 2.05) is 31.3 Å². The van der Waals surface area contributed by atoms with Crippen LogP contribution in [0.25, 0.3) is 33.1 Å². The molecule has 4 aromatic rings. The number of nitrogens with one attached hydrogen (secondary N) is 1. The fourth-order valence-electron chi connectivity index (χ4n) is 3.46. The maximum absolute atomic E-state index is 12.4. The Morgan fingerprint density at radius 2 is 2.00 bits per heavy atom. The molecule has 2 aromatic heterocycles. The van der Waals surface area contributed by atoms with Crippen LogP contribution >= 0.6 is 0 Å². The zero-order chi connectivity index (χ0) is 19.9. The van der Waals surface area contributed by atoms with Crippen molar-refractivity contribution in [3.8, 4) is 16.9 Å². The first-order valence-corrected chi connectivity index (χ1v) is 10.8. The molecule has 0 fully saturated rings. The molecule has 0 amide bonds. The number of hydrogen-bond donors (Lipinski definition) is 1. The third-order valence-electron chi connectivity index (χ3n) is 4.85. The highest BCUT2D eigenvalue weighted by Gasteiger charge is 2.17. The molecule has 0 bridgehead atoms. The standard InChI is InChI=1S/C22H21N2O3S/c1-4-27-19-10-9-17(15-7-6-8-16(12-15)28(25,26)5-2)20-18-11-14(3)13-23-22(18)24-21(19)20/h6-13H,1,4-5H2,2-3H3,(H,23,24). The van der Waals surface area contributed by atoms with Crippen LogP contribution < -0.4 is 4.74 Å². The Morgan fingerprint density at radius 1 is 1.18 bits per heavy atom. The second-order valence-electron chi connectivity index (χ2n) is 6.67. The van der Waals surface area contributed by atoms with Crippen LogP contribution in [0.4, 0.5) is 0 Å². The van der Waals surface area contributed by atoms with Gasteiger partial charge in [-0.3, -0.25) is 0 Å². The van der Waals surface area contributed by atoms with E-state index < -0.39 is 9.84 Å². The van der Waals surface area contributed by atoms with E-state index in [1.54, 1.807) is 25.1 Å². The van der Waals surface area contributed by atoms with Gasteiger partial charge in [0.25, 0.3) is 0 Å². The van der Waals surface area contributed by atoms with Gasteiger partial charge in [-0.05, 0) is 60.9 Å². The normalized spacial score (nSPS) is 12.0. The Kier molecular flexibility index (Phi) is 4.59. The lowest BCUT2D eigenvalue weighted by atomic mass is 9.99. The molecule has 0 spiro atoms. The molecular formula is C22H21N2O3S. The molecule has 0 atom stereocenters. The average molecular weight is 393 g/mol. The Morgan fingerprint density at radius 3 is 2.75 bits per heavy atom. The van der Waals surface area contributed by atoms with Crippen LogP contribution in [0, 0.1) is 13.8 Å². The third kappa shape index (κ3) is 3.03. The number of sulfone groups is 1. The van der Waals surface area contributed by atoms with E-state index in [2.05, 4.69) is 23.0 Å². The van der Waals surface area contributed by atoms with Crippen LogP contribution in [0.3, 0.4) is 0 Å². The summed E-state index contributed by atoms with van der Waals surface area (Å²) in [5.41, 5.74) is 4.41. The molecule has 5 nitrogen and oxygen atoms in total. The maximum Gasteiger partial charge on any atom is 0.178 e. The Bertz CT molecular complexity index is 1290. The monoisotopic (exact) mass is 393 g/mol. The molecule has 1 radical (unpaired) electrons. The molecule has 2 aromatic carbocycles. The lowest BCUT2D eigenvalue weighted by Gasteiger charge is -2.10. The summed E-state index contributed by atoms with van der Waals surface area (Å²) in [4.78, 5) is 8.17. The van der Waals surface area contributed by atoms with E-state index in [0.29, 0.717) is 17.3 Å². The van der Waals surface area contributed by atoms with Crippen molar-refractivity contribution in [3.63, 3.8) is 0 Å². The van der Waals surface area contributed by atoms with Crippen molar-refractivity contribution in [2.75, 3.05) is 12.4 Å².